The van der Waals surface area contributed by atoms with Gasteiger partial charge < -0.3 is 10.1 Å². The molecule has 1 aromatic heterocycles. The van der Waals surface area contributed by atoms with Crippen molar-refractivity contribution in [3.05, 3.63) is 99.8 Å². The first-order chi connectivity index (χ1) is 15.6. The second kappa shape index (κ2) is 8.81. The van der Waals surface area contributed by atoms with E-state index in [4.69, 9.17) is 27.9 Å². The third-order valence-corrected chi connectivity index (χ3v) is 6.40. The third kappa shape index (κ3) is 3.92. The molecule has 32 heavy (non-hydrogen) atoms. The fourth-order valence-electron chi connectivity index (χ4n) is 4.34. The SMILES string of the molecule is O=C(NCCc1cc2cccc(Cl)c2c(Cl)n1)OCC1c2ccccc2-c2ccccc21. The molecule has 0 radical (unpaired) electrons. The molecule has 1 aliphatic rings. The van der Waals surface area contributed by atoms with Crippen molar-refractivity contribution in [2.75, 3.05) is 13.2 Å². The number of pyridine rings is 1. The van der Waals surface area contributed by atoms with Gasteiger partial charge in [0.2, 0.25) is 0 Å². The van der Waals surface area contributed by atoms with E-state index in [9.17, 15) is 4.79 Å². The molecule has 0 atom stereocenters. The highest BCUT2D eigenvalue weighted by molar-refractivity contribution is 6.41. The molecule has 4 nitrogen and oxygen atoms in total. The lowest BCUT2D eigenvalue weighted by atomic mass is 9.98. The number of benzene rings is 3. The van der Waals surface area contributed by atoms with Gasteiger partial charge in [0.05, 0.1) is 5.02 Å². The lowest BCUT2D eigenvalue weighted by molar-refractivity contribution is 0.143. The number of nitrogens with one attached hydrogen (secondary N) is 1. The van der Waals surface area contributed by atoms with Gasteiger partial charge in [0.25, 0.3) is 0 Å². The minimum atomic E-state index is -0.443. The lowest BCUT2D eigenvalue weighted by Crippen LogP contribution is -2.28. The predicted molar refractivity (Wildman–Crippen MR) is 129 cm³/mol. The Kier molecular flexibility index (Phi) is 5.73. The number of halogens is 2. The van der Waals surface area contributed by atoms with Crippen molar-refractivity contribution >= 4 is 40.1 Å². The molecular weight excluding hydrogens is 443 g/mol. The maximum Gasteiger partial charge on any atom is 0.407 e. The average molecular weight is 463 g/mol. The Bertz CT molecular complexity index is 1280. The molecule has 6 heteroatoms. The van der Waals surface area contributed by atoms with E-state index in [0.29, 0.717) is 29.7 Å². The maximum absolute atomic E-state index is 12.3. The highest BCUT2D eigenvalue weighted by Crippen LogP contribution is 2.44. The predicted octanol–water partition coefficient (Wildman–Crippen LogP) is 6.62. The van der Waals surface area contributed by atoms with Gasteiger partial charge in [0.1, 0.15) is 11.8 Å². The topological polar surface area (TPSA) is 51.2 Å². The highest BCUT2D eigenvalue weighted by atomic mass is 35.5. The summed E-state index contributed by atoms with van der Waals surface area (Å²) in [6.07, 6.45) is 0.0913. The molecule has 1 aliphatic carbocycles. The normalized spacial score (nSPS) is 12.4. The summed E-state index contributed by atoms with van der Waals surface area (Å²) in [7, 11) is 0. The first-order valence-electron chi connectivity index (χ1n) is 10.4. The maximum atomic E-state index is 12.3. The van der Waals surface area contributed by atoms with Gasteiger partial charge in [-0.3, -0.25) is 0 Å². The molecule has 1 N–H and O–H groups in total. The zero-order valence-electron chi connectivity index (χ0n) is 17.1. The minimum absolute atomic E-state index is 0.0406. The summed E-state index contributed by atoms with van der Waals surface area (Å²) < 4.78 is 5.57. The quantitative estimate of drug-likeness (QED) is 0.339. The summed E-state index contributed by atoms with van der Waals surface area (Å²) in [6.45, 7) is 0.685. The number of ether oxygens (including phenoxy) is 1. The van der Waals surface area contributed by atoms with Gasteiger partial charge in [-0.15, -0.1) is 0 Å². The fraction of sp³-hybridized carbons (Fsp3) is 0.154. The monoisotopic (exact) mass is 462 g/mol. The van der Waals surface area contributed by atoms with Gasteiger partial charge >= 0.3 is 6.09 Å². The molecule has 3 aromatic carbocycles. The van der Waals surface area contributed by atoms with Crippen molar-refractivity contribution in [3.63, 3.8) is 0 Å². The number of nitrogens with zero attached hydrogens (tertiary/aromatic N) is 1. The Hall–Kier alpha value is -3.08. The van der Waals surface area contributed by atoms with Crippen LogP contribution in [0.1, 0.15) is 22.7 Å². The van der Waals surface area contributed by atoms with Crippen LogP contribution in [0.25, 0.3) is 21.9 Å². The van der Waals surface area contributed by atoms with Gasteiger partial charge in [0.15, 0.2) is 0 Å². The van der Waals surface area contributed by atoms with E-state index in [1.54, 1.807) is 6.07 Å². The van der Waals surface area contributed by atoms with Crippen molar-refractivity contribution < 1.29 is 9.53 Å². The zero-order valence-corrected chi connectivity index (χ0v) is 18.7. The molecule has 0 saturated carbocycles. The van der Waals surface area contributed by atoms with Crippen LogP contribution in [-0.2, 0) is 11.2 Å². The molecule has 4 aromatic rings. The fourth-order valence-corrected chi connectivity index (χ4v) is 4.98. The van der Waals surface area contributed by atoms with Crippen LogP contribution in [0.5, 0.6) is 0 Å². The first-order valence-corrected chi connectivity index (χ1v) is 11.2. The van der Waals surface area contributed by atoms with Crippen molar-refractivity contribution in [2.24, 2.45) is 0 Å². The van der Waals surface area contributed by atoms with Crippen LogP contribution < -0.4 is 5.32 Å². The molecule has 0 unspecified atom stereocenters. The lowest BCUT2D eigenvalue weighted by Gasteiger charge is -2.14. The Morgan fingerprint density at radius 3 is 2.34 bits per heavy atom. The molecule has 160 valence electrons. The molecular formula is C26H20Cl2N2O2. The number of aromatic nitrogens is 1. The standard InChI is InChI=1S/C26H20Cl2N2O2/c27-23-11-5-6-16-14-17(30-25(28)24(16)23)12-13-29-26(31)32-15-22-20-9-3-1-7-18(20)19-8-2-4-10-21(19)22/h1-11,14,22H,12-13,15H2,(H,29,31). The Labute approximate surface area is 196 Å². The number of hydrogen-bond acceptors (Lipinski definition) is 3. The van der Waals surface area contributed by atoms with Gasteiger partial charge in [0, 0.05) is 30.0 Å². The number of carbonyl (C=O) groups is 1. The van der Waals surface area contributed by atoms with Crippen molar-refractivity contribution in [2.45, 2.75) is 12.3 Å². The summed E-state index contributed by atoms with van der Waals surface area (Å²) in [5.74, 6) is 0.0406. The molecule has 0 aliphatic heterocycles. The summed E-state index contributed by atoms with van der Waals surface area (Å²) in [5, 5.41) is 5.41. The van der Waals surface area contributed by atoms with Crippen LogP contribution in [0.15, 0.2) is 72.8 Å². The summed E-state index contributed by atoms with van der Waals surface area (Å²) in [5.41, 5.74) is 5.57. The van der Waals surface area contributed by atoms with Crippen LogP contribution in [-0.4, -0.2) is 24.2 Å². The van der Waals surface area contributed by atoms with E-state index in [-0.39, 0.29) is 5.92 Å². The minimum Gasteiger partial charge on any atom is -0.449 e. The van der Waals surface area contributed by atoms with E-state index in [2.05, 4.69) is 34.6 Å². The number of carbonyl (C=O) groups excluding carboxylic acids is 1. The second-order valence-corrected chi connectivity index (χ2v) is 8.51. The number of fused-ring (bicyclic) bond motifs is 4. The molecule has 0 fully saturated rings. The molecule has 1 heterocycles. The van der Waals surface area contributed by atoms with Crippen molar-refractivity contribution in [1.29, 1.82) is 0 Å². The Balaban J connectivity index is 1.20. The van der Waals surface area contributed by atoms with Crippen LogP contribution in [0.4, 0.5) is 4.79 Å². The summed E-state index contributed by atoms with van der Waals surface area (Å²) >= 11 is 12.5. The van der Waals surface area contributed by atoms with Crippen LogP contribution in [0.2, 0.25) is 10.2 Å². The van der Waals surface area contributed by atoms with E-state index in [0.717, 1.165) is 16.5 Å². The summed E-state index contributed by atoms with van der Waals surface area (Å²) in [6, 6.07) is 24.1. The van der Waals surface area contributed by atoms with Gasteiger partial charge in [-0.2, -0.15) is 0 Å². The number of alkyl carbamates (subject to hydrolysis) is 1. The zero-order chi connectivity index (χ0) is 22.1. The number of hydrogen-bond donors (Lipinski definition) is 1. The molecule has 0 bridgehead atoms. The van der Waals surface area contributed by atoms with Crippen LogP contribution in [0.3, 0.4) is 0 Å². The first kappa shape index (κ1) is 20.8. The largest absolute Gasteiger partial charge is 0.449 e. The Morgan fingerprint density at radius 1 is 0.938 bits per heavy atom. The van der Waals surface area contributed by atoms with Gasteiger partial charge in [-0.05, 0) is 39.8 Å². The van der Waals surface area contributed by atoms with Crippen molar-refractivity contribution in [3.8, 4) is 11.1 Å². The second-order valence-electron chi connectivity index (χ2n) is 7.74. The number of amides is 1. The summed E-state index contributed by atoms with van der Waals surface area (Å²) in [4.78, 5) is 16.7. The average Bonchev–Trinajstić information content (AvgIpc) is 3.11. The van der Waals surface area contributed by atoms with Gasteiger partial charge in [-0.25, -0.2) is 9.78 Å². The molecule has 1 amide bonds. The molecule has 0 spiro atoms. The smallest absolute Gasteiger partial charge is 0.407 e. The van der Waals surface area contributed by atoms with E-state index >= 15 is 0 Å². The van der Waals surface area contributed by atoms with Crippen LogP contribution in [0, 0.1) is 0 Å². The van der Waals surface area contributed by atoms with E-state index < -0.39 is 6.09 Å². The highest BCUT2D eigenvalue weighted by Gasteiger charge is 2.28. The van der Waals surface area contributed by atoms with E-state index in [1.165, 1.54) is 22.3 Å². The van der Waals surface area contributed by atoms with Crippen LogP contribution >= 0.6 is 23.2 Å². The van der Waals surface area contributed by atoms with Gasteiger partial charge in [-0.1, -0.05) is 83.9 Å². The third-order valence-electron chi connectivity index (χ3n) is 5.81. The van der Waals surface area contributed by atoms with E-state index in [1.807, 2.05) is 42.5 Å². The van der Waals surface area contributed by atoms with Crippen molar-refractivity contribution in [1.82, 2.24) is 10.3 Å². The number of rotatable bonds is 5. The molecule has 0 saturated heterocycles. The Morgan fingerprint density at radius 2 is 1.62 bits per heavy atom. The molecule has 5 rings (SSSR count).